The van der Waals surface area contributed by atoms with Crippen LogP contribution in [-0.4, -0.2) is 56.2 Å². The monoisotopic (exact) mass is 677 g/mol. The molecule has 0 aliphatic carbocycles. The zero-order valence-electron chi connectivity index (χ0n) is 23.0. The Balaban J connectivity index is 1.59. The quantitative estimate of drug-likeness (QED) is 0.0843. The minimum atomic E-state index is -2.58. The first-order valence-corrected chi connectivity index (χ1v) is 12.5. The van der Waals surface area contributed by atoms with Crippen LogP contribution in [0.15, 0.2) is 24.3 Å². The predicted octanol–water partition coefficient (Wildman–Crippen LogP) is 4.22. The second kappa shape index (κ2) is 13.7. The van der Waals surface area contributed by atoms with Gasteiger partial charge in [0.25, 0.3) is 0 Å². The standard InChI is InChI=1S/C27H13F10N5O5/c1-9-38-40-27(41-39-9)11-4-2-10(3-5-11)6-12(43)42(7-13(44)46-25-21(34)17(30)15(28)18(31)22(25)35)8-14(45)47-26-23(36)19(32)16(29)20(33)24(26)37/h2-5H,6-8H2,1H3. The number of aromatic nitrogens is 4. The molecule has 1 heterocycles. The molecule has 10 nitrogen and oxygen atoms in total. The summed E-state index contributed by atoms with van der Waals surface area (Å²) in [5.74, 6) is -34.2. The first-order chi connectivity index (χ1) is 22.1. The predicted molar refractivity (Wildman–Crippen MR) is 132 cm³/mol. The Kier molecular flexibility index (Phi) is 10.0. The van der Waals surface area contributed by atoms with Gasteiger partial charge in [-0.05, 0) is 12.5 Å². The van der Waals surface area contributed by atoms with E-state index in [-0.39, 0.29) is 22.1 Å². The first kappa shape index (κ1) is 34.2. The average Bonchev–Trinajstić information content (AvgIpc) is 3.05. The Morgan fingerprint density at radius 3 is 1.32 bits per heavy atom. The highest BCUT2D eigenvalue weighted by Crippen LogP contribution is 2.30. The number of nitrogens with zero attached hydrogens (tertiary/aromatic N) is 5. The molecule has 0 bridgehead atoms. The highest BCUT2D eigenvalue weighted by Gasteiger charge is 2.32. The van der Waals surface area contributed by atoms with Gasteiger partial charge in [0.1, 0.15) is 13.1 Å². The van der Waals surface area contributed by atoms with Crippen molar-refractivity contribution in [1.29, 1.82) is 0 Å². The number of aryl methyl sites for hydroxylation is 1. The molecule has 0 aliphatic heterocycles. The van der Waals surface area contributed by atoms with E-state index in [0.717, 1.165) is 0 Å². The number of hydrogen-bond donors (Lipinski definition) is 0. The lowest BCUT2D eigenvalue weighted by molar-refractivity contribution is -0.147. The summed E-state index contributed by atoms with van der Waals surface area (Å²) in [6, 6.07) is 5.45. The summed E-state index contributed by atoms with van der Waals surface area (Å²) in [6.07, 6.45) is -0.697. The summed E-state index contributed by atoms with van der Waals surface area (Å²) in [5.41, 5.74) is 0.522. The van der Waals surface area contributed by atoms with Gasteiger partial charge in [-0.1, -0.05) is 24.3 Å². The number of halogens is 10. The van der Waals surface area contributed by atoms with Crippen LogP contribution in [0.2, 0.25) is 0 Å². The second-order valence-electron chi connectivity index (χ2n) is 9.14. The zero-order valence-corrected chi connectivity index (χ0v) is 23.0. The molecule has 0 unspecified atom stereocenters. The molecule has 1 aromatic heterocycles. The molecule has 47 heavy (non-hydrogen) atoms. The van der Waals surface area contributed by atoms with E-state index in [1.165, 1.54) is 31.2 Å². The maximum absolute atomic E-state index is 14.0. The van der Waals surface area contributed by atoms with Gasteiger partial charge >= 0.3 is 11.9 Å². The normalized spacial score (nSPS) is 11.0. The molecule has 0 atom stereocenters. The van der Waals surface area contributed by atoms with E-state index in [1.54, 1.807) is 0 Å². The van der Waals surface area contributed by atoms with Gasteiger partial charge < -0.3 is 14.4 Å². The van der Waals surface area contributed by atoms with Crippen molar-refractivity contribution in [2.75, 3.05) is 13.1 Å². The SMILES string of the molecule is Cc1nnc(-c2ccc(CC(=O)N(CC(=O)Oc3c(F)c(F)c(F)c(F)c3F)CC(=O)Oc3c(F)c(F)c(F)c(F)c3F)cc2)nn1. The Labute approximate surface area is 254 Å². The van der Waals surface area contributed by atoms with Gasteiger partial charge in [-0.15, -0.1) is 20.4 Å². The van der Waals surface area contributed by atoms with E-state index in [4.69, 9.17) is 0 Å². The van der Waals surface area contributed by atoms with Crippen LogP contribution in [0, 0.1) is 65.1 Å². The second-order valence-corrected chi connectivity index (χ2v) is 9.14. The lowest BCUT2D eigenvalue weighted by Crippen LogP contribution is -2.42. The third kappa shape index (κ3) is 7.25. The van der Waals surface area contributed by atoms with Crippen molar-refractivity contribution in [3.05, 3.63) is 93.8 Å². The molecular weight excluding hydrogens is 664 g/mol. The topological polar surface area (TPSA) is 124 Å². The van der Waals surface area contributed by atoms with Crippen LogP contribution < -0.4 is 9.47 Å². The lowest BCUT2D eigenvalue weighted by Gasteiger charge is -2.21. The number of hydrogen-bond acceptors (Lipinski definition) is 9. The van der Waals surface area contributed by atoms with Crippen molar-refractivity contribution >= 4 is 17.8 Å². The summed E-state index contributed by atoms with van der Waals surface area (Å²) in [7, 11) is 0. The molecule has 20 heteroatoms. The summed E-state index contributed by atoms with van der Waals surface area (Å²) in [4.78, 5) is 38.2. The molecule has 0 N–H and O–H groups in total. The molecule has 1 amide bonds. The molecular formula is C27H13F10N5O5. The van der Waals surface area contributed by atoms with Crippen molar-refractivity contribution in [1.82, 2.24) is 25.3 Å². The van der Waals surface area contributed by atoms with Gasteiger partial charge in [0.05, 0.1) is 6.42 Å². The van der Waals surface area contributed by atoms with Crippen LogP contribution in [0.1, 0.15) is 11.4 Å². The Morgan fingerprint density at radius 2 is 0.936 bits per heavy atom. The highest BCUT2D eigenvalue weighted by atomic mass is 19.2. The molecule has 0 spiro atoms. The van der Waals surface area contributed by atoms with Crippen molar-refractivity contribution in [2.24, 2.45) is 0 Å². The summed E-state index contributed by atoms with van der Waals surface area (Å²) < 4.78 is 145. The summed E-state index contributed by atoms with van der Waals surface area (Å²) in [6.45, 7) is -1.48. The van der Waals surface area contributed by atoms with Crippen LogP contribution in [0.4, 0.5) is 43.9 Å². The minimum Gasteiger partial charge on any atom is -0.419 e. The molecule has 0 saturated carbocycles. The Morgan fingerprint density at radius 1 is 0.574 bits per heavy atom. The van der Waals surface area contributed by atoms with Gasteiger partial charge in [0, 0.05) is 5.56 Å². The van der Waals surface area contributed by atoms with E-state index in [2.05, 4.69) is 29.9 Å². The minimum absolute atomic E-state index is 0.0851. The fourth-order valence-corrected chi connectivity index (χ4v) is 3.64. The van der Waals surface area contributed by atoms with Crippen molar-refractivity contribution in [3.63, 3.8) is 0 Å². The number of rotatable bonds is 9. The van der Waals surface area contributed by atoms with E-state index >= 15 is 0 Å². The largest absolute Gasteiger partial charge is 0.419 e. The van der Waals surface area contributed by atoms with Gasteiger partial charge in [-0.25, -0.2) is 35.9 Å². The smallest absolute Gasteiger partial charge is 0.331 e. The van der Waals surface area contributed by atoms with Gasteiger partial charge in [0.15, 0.2) is 5.82 Å². The molecule has 246 valence electrons. The van der Waals surface area contributed by atoms with Gasteiger partial charge in [-0.2, -0.15) is 17.6 Å². The molecule has 0 radical (unpaired) electrons. The Bertz CT molecular complexity index is 1750. The lowest BCUT2D eigenvalue weighted by atomic mass is 10.1. The third-order valence-electron chi connectivity index (χ3n) is 5.91. The number of benzene rings is 3. The van der Waals surface area contributed by atoms with E-state index in [9.17, 15) is 58.3 Å². The van der Waals surface area contributed by atoms with Crippen LogP contribution in [0.25, 0.3) is 11.4 Å². The number of carbonyl (C=O) groups is 3. The zero-order chi connectivity index (χ0) is 34.7. The maximum atomic E-state index is 14.0. The Hall–Kier alpha value is -5.69. The van der Waals surface area contributed by atoms with Gasteiger partial charge in [0.2, 0.25) is 81.4 Å². The van der Waals surface area contributed by atoms with Gasteiger partial charge in [-0.3, -0.25) is 4.79 Å². The van der Waals surface area contributed by atoms with Crippen LogP contribution >= 0.6 is 0 Å². The molecule has 0 aliphatic rings. The van der Waals surface area contributed by atoms with E-state index in [1.807, 2.05) is 0 Å². The number of carbonyl (C=O) groups excluding carboxylic acids is 3. The highest BCUT2D eigenvalue weighted by molar-refractivity contribution is 5.88. The summed E-state index contributed by atoms with van der Waals surface area (Å²) >= 11 is 0. The molecule has 0 saturated heterocycles. The van der Waals surface area contributed by atoms with Crippen LogP contribution in [0.3, 0.4) is 0 Å². The van der Waals surface area contributed by atoms with Crippen molar-refractivity contribution in [3.8, 4) is 22.9 Å². The molecule has 4 rings (SSSR count). The number of esters is 2. The van der Waals surface area contributed by atoms with E-state index < -0.39 is 107 Å². The molecule has 0 fully saturated rings. The van der Waals surface area contributed by atoms with Crippen LogP contribution in [-0.2, 0) is 20.8 Å². The molecule has 3 aromatic carbocycles. The molecule has 4 aromatic rings. The fraction of sp³-hybridized carbons (Fsp3) is 0.148. The van der Waals surface area contributed by atoms with E-state index in [0.29, 0.717) is 5.56 Å². The number of amides is 1. The van der Waals surface area contributed by atoms with Crippen molar-refractivity contribution < 1.29 is 67.8 Å². The average molecular weight is 677 g/mol. The van der Waals surface area contributed by atoms with Crippen molar-refractivity contribution in [2.45, 2.75) is 13.3 Å². The summed E-state index contributed by atoms with van der Waals surface area (Å²) in [5, 5.41) is 15.1. The third-order valence-corrected chi connectivity index (χ3v) is 5.91. The maximum Gasteiger partial charge on any atom is 0.331 e. The first-order valence-electron chi connectivity index (χ1n) is 12.5. The number of ether oxygens (including phenoxy) is 2. The van der Waals surface area contributed by atoms with Crippen LogP contribution in [0.5, 0.6) is 11.5 Å². The fourth-order valence-electron chi connectivity index (χ4n) is 3.64.